The largest absolute Gasteiger partial charge is 0.477 e. The summed E-state index contributed by atoms with van der Waals surface area (Å²) in [6.45, 7) is 2.71. The number of rotatable bonds is 5. The predicted octanol–water partition coefficient (Wildman–Crippen LogP) is 0.162. The van der Waals surface area contributed by atoms with Crippen molar-refractivity contribution < 1.29 is 22.7 Å². The maximum absolute atomic E-state index is 12.7. The molecule has 1 amide bonds. The van der Waals surface area contributed by atoms with Crippen molar-refractivity contribution in [1.29, 1.82) is 0 Å². The summed E-state index contributed by atoms with van der Waals surface area (Å²) in [6, 6.07) is 0. The van der Waals surface area contributed by atoms with Gasteiger partial charge in [0.05, 0.1) is 19.0 Å². The zero-order valence-corrected chi connectivity index (χ0v) is 16.4. The van der Waals surface area contributed by atoms with Crippen molar-refractivity contribution in [2.24, 2.45) is 0 Å². The Morgan fingerprint density at radius 3 is 2.64 bits per heavy atom. The second kappa shape index (κ2) is 7.60. The number of hydrogen-bond acceptors (Lipinski definition) is 6. The zero-order valence-electron chi connectivity index (χ0n) is 14.0. The standard InChI is InChI=1S/C14H21BrN4O5S/c1-23-9-10-25(21,22)18-6-4-17(5-7-18)13(20)12-11(15)14-19(16-12)3-2-8-24-14/h2-10H2,1H3. The Hall–Kier alpha value is -1.17. The molecule has 9 nitrogen and oxygen atoms in total. The Morgan fingerprint density at radius 2 is 2.00 bits per heavy atom. The Kier molecular flexibility index (Phi) is 5.66. The van der Waals surface area contributed by atoms with E-state index in [1.807, 2.05) is 0 Å². The number of hydrogen-bond donors (Lipinski definition) is 0. The van der Waals surface area contributed by atoms with Crippen LogP contribution in [-0.4, -0.2) is 85.6 Å². The monoisotopic (exact) mass is 436 g/mol. The van der Waals surface area contributed by atoms with Gasteiger partial charge in [0.2, 0.25) is 15.9 Å². The highest BCUT2D eigenvalue weighted by atomic mass is 79.9. The third-order valence-electron chi connectivity index (χ3n) is 4.27. The van der Waals surface area contributed by atoms with Gasteiger partial charge in [-0.15, -0.1) is 0 Å². The van der Waals surface area contributed by atoms with Gasteiger partial charge in [0.15, 0.2) is 5.69 Å². The van der Waals surface area contributed by atoms with Crippen LogP contribution in [0.5, 0.6) is 5.88 Å². The van der Waals surface area contributed by atoms with Gasteiger partial charge in [-0.2, -0.15) is 9.40 Å². The van der Waals surface area contributed by atoms with E-state index in [9.17, 15) is 13.2 Å². The van der Waals surface area contributed by atoms with E-state index < -0.39 is 10.0 Å². The van der Waals surface area contributed by atoms with Crippen molar-refractivity contribution in [3.05, 3.63) is 10.2 Å². The van der Waals surface area contributed by atoms with Crippen LogP contribution in [-0.2, 0) is 21.3 Å². The smallest absolute Gasteiger partial charge is 0.275 e. The van der Waals surface area contributed by atoms with Gasteiger partial charge < -0.3 is 14.4 Å². The summed E-state index contributed by atoms with van der Waals surface area (Å²) in [5, 5.41) is 4.34. The molecule has 1 saturated heterocycles. The molecule has 2 aliphatic heterocycles. The van der Waals surface area contributed by atoms with Crippen LogP contribution < -0.4 is 4.74 Å². The number of fused-ring (bicyclic) bond motifs is 1. The summed E-state index contributed by atoms with van der Waals surface area (Å²) < 4.78 is 38.4. The number of carbonyl (C=O) groups is 1. The van der Waals surface area contributed by atoms with E-state index in [2.05, 4.69) is 21.0 Å². The molecule has 140 valence electrons. The molecule has 1 aromatic rings. The van der Waals surface area contributed by atoms with Crippen molar-refractivity contribution in [3.8, 4) is 5.88 Å². The summed E-state index contributed by atoms with van der Waals surface area (Å²) in [6.07, 6.45) is 0.854. The molecule has 0 radical (unpaired) electrons. The molecule has 11 heteroatoms. The summed E-state index contributed by atoms with van der Waals surface area (Å²) >= 11 is 3.40. The van der Waals surface area contributed by atoms with Crippen LogP contribution in [0.4, 0.5) is 0 Å². The van der Waals surface area contributed by atoms with E-state index in [-0.39, 0.29) is 31.4 Å². The number of methoxy groups -OCH3 is 1. The Bertz CT molecular complexity index is 743. The maximum atomic E-state index is 12.7. The number of carbonyl (C=O) groups excluding carboxylic acids is 1. The number of sulfonamides is 1. The lowest BCUT2D eigenvalue weighted by molar-refractivity contribution is 0.0689. The topological polar surface area (TPSA) is 94.0 Å². The van der Waals surface area contributed by atoms with Gasteiger partial charge in [0, 0.05) is 46.3 Å². The first kappa shape index (κ1) is 18.6. The summed E-state index contributed by atoms with van der Waals surface area (Å²) in [5.74, 6) is 0.315. The highest BCUT2D eigenvalue weighted by molar-refractivity contribution is 9.10. The van der Waals surface area contributed by atoms with Crippen LogP contribution in [0.25, 0.3) is 0 Å². The number of amides is 1. The maximum Gasteiger partial charge on any atom is 0.275 e. The van der Waals surface area contributed by atoms with Crippen LogP contribution in [0.15, 0.2) is 4.47 Å². The molecule has 0 saturated carbocycles. The highest BCUT2D eigenvalue weighted by Gasteiger charge is 2.32. The lowest BCUT2D eigenvalue weighted by atomic mass is 10.3. The first-order valence-corrected chi connectivity index (χ1v) is 10.5. The van der Waals surface area contributed by atoms with Gasteiger partial charge in [-0.1, -0.05) is 0 Å². The minimum absolute atomic E-state index is 0.0475. The van der Waals surface area contributed by atoms with Crippen molar-refractivity contribution in [1.82, 2.24) is 19.0 Å². The van der Waals surface area contributed by atoms with Gasteiger partial charge in [-0.3, -0.25) is 4.79 Å². The third-order valence-corrected chi connectivity index (χ3v) is 6.82. The van der Waals surface area contributed by atoms with E-state index in [1.165, 1.54) is 11.4 Å². The molecular weight excluding hydrogens is 416 g/mol. The van der Waals surface area contributed by atoms with Crippen molar-refractivity contribution >= 4 is 31.9 Å². The number of nitrogens with zero attached hydrogens (tertiary/aromatic N) is 4. The van der Waals surface area contributed by atoms with E-state index in [1.54, 1.807) is 9.58 Å². The molecule has 0 atom stereocenters. The molecule has 0 aliphatic carbocycles. The number of piperazine rings is 1. The Morgan fingerprint density at radius 1 is 1.28 bits per heavy atom. The van der Waals surface area contributed by atoms with Crippen LogP contribution in [0.3, 0.4) is 0 Å². The molecule has 2 aliphatic rings. The quantitative estimate of drug-likeness (QED) is 0.652. The molecule has 0 bridgehead atoms. The van der Waals surface area contributed by atoms with E-state index >= 15 is 0 Å². The van der Waals surface area contributed by atoms with Crippen LogP contribution >= 0.6 is 15.9 Å². The number of ether oxygens (including phenoxy) is 2. The fourth-order valence-electron chi connectivity index (χ4n) is 2.87. The first-order chi connectivity index (χ1) is 11.9. The summed E-state index contributed by atoms with van der Waals surface area (Å²) in [7, 11) is -1.88. The predicted molar refractivity (Wildman–Crippen MR) is 93.2 cm³/mol. The number of halogens is 1. The number of aromatic nitrogens is 2. The van der Waals surface area contributed by atoms with Gasteiger partial charge in [0.1, 0.15) is 4.47 Å². The molecular formula is C14H21BrN4O5S. The van der Waals surface area contributed by atoms with E-state index in [0.717, 1.165) is 6.42 Å². The average molecular weight is 437 g/mol. The zero-order chi connectivity index (χ0) is 18.0. The first-order valence-electron chi connectivity index (χ1n) is 8.09. The molecule has 0 N–H and O–H groups in total. The SMILES string of the molecule is COCCS(=O)(=O)N1CCN(C(=O)c2nn3c(c2Br)OCCC3)CC1. The van der Waals surface area contributed by atoms with Crippen molar-refractivity contribution in [2.75, 3.05) is 52.3 Å². The minimum Gasteiger partial charge on any atom is -0.477 e. The second-order valence-corrected chi connectivity index (χ2v) is 8.77. The molecule has 1 aromatic heterocycles. The van der Waals surface area contributed by atoms with Gasteiger partial charge >= 0.3 is 0 Å². The van der Waals surface area contributed by atoms with Crippen LogP contribution in [0.2, 0.25) is 0 Å². The Labute approximate surface area is 155 Å². The molecule has 25 heavy (non-hydrogen) atoms. The van der Waals surface area contributed by atoms with E-state index in [4.69, 9.17) is 9.47 Å². The minimum atomic E-state index is -3.35. The second-order valence-electron chi connectivity index (χ2n) is 5.89. The average Bonchev–Trinajstić information content (AvgIpc) is 2.97. The fraction of sp³-hybridized carbons (Fsp3) is 0.714. The highest BCUT2D eigenvalue weighted by Crippen LogP contribution is 2.32. The normalized spacial score (nSPS) is 18.7. The van der Waals surface area contributed by atoms with Crippen LogP contribution in [0.1, 0.15) is 16.9 Å². The van der Waals surface area contributed by atoms with Gasteiger partial charge in [0.25, 0.3) is 5.91 Å². The van der Waals surface area contributed by atoms with Crippen LogP contribution in [0, 0.1) is 0 Å². The molecule has 3 rings (SSSR count). The molecule has 0 aromatic carbocycles. The summed E-state index contributed by atoms with van der Waals surface area (Å²) in [5.41, 5.74) is 0.313. The number of aryl methyl sites for hydroxylation is 1. The molecule has 0 spiro atoms. The lowest BCUT2D eigenvalue weighted by Crippen LogP contribution is -2.51. The molecule has 0 unspecified atom stereocenters. The van der Waals surface area contributed by atoms with Gasteiger partial charge in [-0.05, 0) is 15.9 Å². The fourth-order valence-corrected chi connectivity index (χ4v) is 4.79. The van der Waals surface area contributed by atoms with Gasteiger partial charge in [-0.25, -0.2) is 13.1 Å². The molecule has 1 fully saturated rings. The van der Waals surface area contributed by atoms with Crippen molar-refractivity contribution in [3.63, 3.8) is 0 Å². The Balaban J connectivity index is 1.65. The van der Waals surface area contributed by atoms with E-state index in [0.29, 0.717) is 42.3 Å². The van der Waals surface area contributed by atoms with Crippen molar-refractivity contribution in [2.45, 2.75) is 13.0 Å². The lowest BCUT2D eigenvalue weighted by Gasteiger charge is -2.33. The summed E-state index contributed by atoms with van der Waals surface area (Å²) in [4.78, 5) is 14.4. The molecule has 3 heterocycles. The third kappa shape index (κ3) is 3.83.